The zero-order valence-electron chi connectivity index (χ0n) is 17.5. The Balaban J connectivity index is 1.73. The van der Waals surface area contributed by atoms with Gasteiger partial charge in [-0.1, -0.05) is 23.7 Å². The Labute approximate surface area is 182 Å². The summed E-state index contributed by atoms with van der Waals surface area (Å²) in [6.07, 6.45) is 2.56. The summed E-state index contributed by atoms with van der Waals surface area (Å²) in [6.45, 7) is 9.06. The van der Waals surface area contributed by atoms with E-state index < -0.39 is 5.06 Å². The lowest BCUT2D eigenvalue weighted by Gasteiger charge is -2.22. The molecule has 0 amide bonds. The highest BCUT2D eigenvalue weighted by Crippen LogP contribution is 2.36. The first-order valence-corrected chi connectivity index (χ1v) is 10.8. The maximum absolute atomic E-state index is 6.29. The Morgan fingerprint density at radius 3 is 2.66 bits per heavy atom. The summed E-state index contributed by atoms with van der Waals surface area (Å²) in [4.78, 5) is 11.4. The van der Waals surface area contributed by atoms with Gasteiger partial charge in [0.25, 0.3) is 5.06 Å². The van der Waals surface area contributed by atoms with Crippen LogP contribution in [0.3, 0.4) is 0 Å². The molecule has 5 nitrogen and oxygen atoms in total. The maximum Gasteiger partial charge on any atom is 0.265 e. The van der Waals surface area contributed by atoms with Gasteiger partial charge in [-0.05, 0) is 61.7 Å². The molecular formula is C22H27ClN4OS. The Morgan fingerprint density at radius 1 is 1.24 bits per heavy atom. The van der Waals surface area contributed by atoms with E-state index in [1.165, 1.54) is 11.9 Å². The van der Waals surface area contributed by atoms with Gasteiger partial charge in [-0.25, -0.2) is 9.98 Å². The van der Waals surface area contributed by atoms with Crippen LogP contribution in [0.2, 0.25) is 5.02 Å². The fourth-order valence-corrected chi connectivity index (χ4v) is 3.67. The zero-order chi connectivity index (χ0) is 21.0. The van der Waals surface area contributed by atoms with Crippen molar-refractivity contribution in [1.29, 1.82) is 0 Å². The summed E-state index contributed by atoms with van der Waals surface area (Å²) < 4.78 is 9.59. The van der Waals surface area contributed by atoms with E-state index in [4.69, 9.17) is 21.3 Å². The van der Waals surface area contributed by atoms with Gasteiger partial charge in [0, 0.05) is 43.9 Å². The minimum absolute atomic E-state index is 0.708. The second-order valence-corrected chi connectivity index (χ2v) is 8.89. The van der Waals surface area contributed by atoms with Crippen LogP contribution in [0.25, 0.3) is 0 Å². The molecule has 0 bridgehead atoms. The Bertz CT molecular complexity index is 929. The third-order valence-corrected chi connectivity index (χ3v) is 5.81. The number of ether oxygens (including phenoxy) is 1. The molecule has 1 unspecified atom stereocenters. The van der Waals surface area contributed by atoms with E-state index in [9.17, 15) is 0 Å². The molecule has 0 saturated heterocycles. The van der Waals surface area contributed by atoms with Crippen molar-refractivity contribution < 1.29 is 4.74 Å². The lowest BCUT2D eigenvalue weighted by molar-refractivity contribution is 0.197. The molecule has 154 valence electrons. The van der Waals surface area contributed by atoms with Gasteiger partial charge in [-0.15, -0.1) is 0 Å². The van der Waals surface area contributed by atoms with E-state index in [1.807, 2.05) is 69.4 Å². The fourth-order valence-electron chi connectivity index (χ4n) is 2.83. The number of nitrogens with one attached hydrogen (secondary N) is 1. The quantitative estimate of drug-likeness (QED) is 0.357. The van der Waals surface area contributed by atoms with Crippen LogP contribution in [0, 0.1) is 13.8 Å². The smallest absolute Gasteiger partial charge is 0.265 e. The number of benzene rings is 2. The predicted octanol–water partition coefficient (Wildman–Crippen LogP) is 5.51. The Hall–Kier alpha value is -2.18. The second kappa shape index (κ2) is 9.09. The monoisotopic (exact) mass is 430 g/mol. The van der Waals surface area contributed by atoms with E-state index in [0.717, 1.165) is 45.5 Å². The lowest BCUT2D eigenvalue weighted by atomic mass is 10.1. The minimum atomic E-state index is -0.716. The van der Waals surface area contributed by atoms with Gasteiger partial charge in [-0.3, -0.25) is 0 Å². The van der Waals surface area contributed by atoms with E-state index in [-0.39, 0.29) is 0 Å². The minimum Gasteiger partial charge on any atom is -0.455 e. The first-order valence-electron chi connectivity index (χ1n) is 9.60. The average Bonchev–Trinajstić information content (AvgIpc) is 3.05. The van der Waals surface area contributed by atoms with E-state index in [0.29, 0.717) is 6.42 Å². The van der Waals surface area contributed by atoms with Crippen molar-refractivity contribution in [3.05, 3.63) is 58.1 Å². The van der Waals surface area contributed by atoms with Crippen molar-refractivity contribution in [2.24, 2.45) is 9.98 Å². The highest BCUT2D eigenvalue weighted by Gasteiger charge is 2.34. The van der Waals surface area contributed by atoms with Crippen LogP contribution < -0.4 is 9.46 Å². The van der Waals surface area contributed by atoms with Gasteiger partial charge >= 0.3 is 0 Å². The van der Waals surface area contributed by atoms with Gasteiger partial charge < -0.3 is 14.4 Å². The van der Waals surface area contributed by atoms with Gasteiger partial charge in [-0.2, -0.15) is 0 Å². The summed E-state index contributed by atoms with van der Waals surface area (Å²) >= 11 is 7.43. The van der Waals surface area contributed by atoms with Crippen LogP contribution in [0.1, 0.15) is 30.5 Å². The zero-order valence-corrected chi connectivity index (χ0v) is 19.1. The van der Waals surface area contributed by atoms with Crippen LogP contribution >= 0.6 is 23.5 Å². The first-order chi connectivity index (χ1) is 13.8. The SMILES string of the molecule is CCN(C)C=Nc1cc(C)c(OC2(C)N=C(Cc3ccc(Cl)cc3)NS2)cc1C. The Kier molecular flexibility index (Phi) is 6.75. The summed E-state index contributed by atoms with van der Waals surface area (Å²) in [5.74, 6) is 1.71. The fraction of sp³-hybridized carbons (Fsp3) is 0.364. The summed E-state index contributed by atoms with van der Waals surface area (Å²) in [5, 5.41) is 0.0178. The van der Waals surface area contributed by atoms with Gasteiger partial charge in [0.1, 0.15) is 11.6 Å². The number of aryl methyl sites for hydroxylation is 2. The number of nitrogens with zero attached hydrogens (tertiary/aromatic N) is 3. The number of aliphatic imine (C=N–C) groups is 2. The molecule has 0 aromatic heterocycles. The molecule has 2 aromatic carbocycles. The Morgan fingerprint density at radius 2 is 1.97 bits per heavy atom. The highest BCUT2D eigenvalue weighted by molar-refractivity contribution is 7.99. The van der Waals surface area contributed by atoms with E-state index in [1.54, 1.807) is 0 Å². The van der Waals surface area contributed by atoms with Crippen LogP contribution in [0.4, 0.5) is 5.69 Å². The van der Waals surface area contributed by atoms with Crippen LogP contribution in [0.15, 0.2) is 46.4 Å². The molecule has 1 N–H and O–H groups in total. The van der Waals surface area contributed by atoms with Gasteiger partial charge in [0.2, 0.25) is 0 Å². The maximum atomic E-state index is 6.29. The van der Waals surface area contributed by atoms with E-state index in [2.05, 4.69) is 22.7 Å². The van der Waals surface area contributed by atoms with Crippen molar-refractivity contribution in [2.45, 2.75) is 39.2 Å². The number of halogens is 1. The topological polar surface area (TPSA) is 49.2 Å². The summed E-state index contributed by atoms with van der Waals surface area (Å²) in [6, 6.07) is 11.9. The lowest BCUT2D eigenvalue weighted by Crippen LogP contribution is -2.24. The molecule has 0 saturated carbocycles. The molecule has 1 aliphatic rings. The molecule has 1 atom stereocenters. The molecule has 0 fully saturated rings. The molecule has 2 aromatic rings. The van der Waals surface area contributed by atoms with Crippen LogP contribution in [-0.4, -0.2) is 35.7 Å². The predicted molar refractivity (Wildman–Crippen MR) is 125 cm³/mol. The van der Waals surface area contributed by atoms with Crippen molar-refractivity contribution in [2.75, 3.05) is 13.6 Å². The van der Waals surface area contributed by atoms with Crippen LogP contribution in [0.5, 0.6) is 5.75 Å². The van der Waals surface area contributed by atoms with Crippen molar-refractivity contribution in [1.82, 2.24) is 9.62 Å². The normalized spacial score (nSPS) is 18.6. The molecule has 29 heavy (non-hydrogen) atoms. The number of amidine groups is 1. The van der Waals surface area contributed by atoms with Crippen LogP contribution in [-0.2, 0) is 6.42 Å². The number of hydrogen-bond donors (Lipinski definition) is 1. The molecule has 0 aliphatic carbocycles. The molecule has 0 spiro atoms. The van der Waals surface area contributed by atoms with Crippen molar-refractivity contribution in [3.63, 3.8) is 0 Å². The first kappa shape index (κ1) is 21.5. The second-order valence-electron chi connectivity index (χ2n) is 7.29. The van der Waals surface area contributed by atoms with Crippen molar-refractivity contribution >= 4 is 41.4 Å². The van der Waals surface area contributed by atoms with Gasteiger partial charge in [0.05, 0.1) is 12.0 Å². The third kappa shape index (κ3) is 5.67. The summed E-state index contributed by atoms with van der Waals surface area (Å²) in [5.41, 5.74) is 4.20. The molecule has 1 heterocycles. The molecular weight excluding hydrogens is 404 g/mol. The number of hydrogen-bond acceptors (Lipinski definition) is 5. The third-order valence-electron chi connectivity index (χ3n) is 4.67. The molecule has 0 radical (unpaired) electrons. The molecule has 1 aliphatic heterocycles. The summed E-state index contributed by atoms with van der Waals surface area (Å²) in [7, 11) is 2.01. The number of rotatable bonds is 7. The van der Waals surface area contributed by atoms with Gasteiger partial charge in [0.15, 0.2) is 0 Å². The van der Waals surface area contributed by atoms with Crippen molar-refractivity contribution in [3.8, 4) is 5.75 Å². The molecule has 7 heteroatoms. The standard InChI is InChI=1S/C22H27ClN4OS/c1-6-27(5)14-24-19-11-16(3)20(12-15(19)2)28-22(4)25-21(26-29-22)13-17-7-9-18(23)10-8-17/h7-12,14H,6,13H2,1-5H3,(H,25,26). The molecule has 3 rings (SSSR count). The van der Waals surface area contributed by atoms with E-state index >= 15 is 0 Å². The highest BCUT2D eigenvalue weighted by atomic mass is 35.5. The average molecular weight is 431 g/mol. The largest absolute Gasteiger partial charge is 0.455 e.